The van der Waals surface area contributed by atoms with Crippen molar-refractivity contribution >= 4 is 53.2 Å². The van der Waals surface area contributed by atoms with Crippen LogP contribution in [0, 0.1) is 22.5 Å². The molecule has 0 aliphatic carbocycles. The fourth-order valence-corrected chi connectivity index (χ4v) is 4.78. The summed E-state index contributed by atoms with van der Waals surface area (Å²) in [7, 11) is 8.14. The van der Waals surface area contributed by atoms with Crippen LogP contribution in [0.3, 0.4) is 0 Å². The molecule has 0 fully saturated rings. The molecular weight excluding hydrogens is 925 g/mol. The van der Waals surface area contributed by atoms with E-state index in [1.807, 2.05) is 0 Å². The highest BCUT2D eigenvalue weighted by molar-refractivity contribution is 8.13. The Morgan fingerprint density at radius 2 is 0.774 bits per heavy atom. The zero-order valence-corrected chi connectivity index (χ0v) is 28.5. The molecule has 0 saturated carbocycles. The number of thioether (sulfide) groups is 1. The number of halogens is 27. The summed E-state index contributed by atoms with van der Waals surface area (Å²) in [6, 6.07) is 0. The van der Waals surface area contributed by atoms with E-state index < -0.39 is 131 Å². The number of hydrogen-bond acceptors (Lipinski definition) is 4. The molecule has 0 saturated heterocycles. The molecule has 2 atom stereocenters. The summed E-state index contributed by atoms with van der Waals surface area (Å²) < 4.78 is 325. The summed E-state index contributed by atoms with van der Waals surface area (Å²) in [5, 5.41) is 9.40. The van der Waals surface area contributed by atoms with Gasteiger partial charge in [0.1, 0.15) is 5.40 Å². The van der Waals surface area contributed by atoms with Gasteiger partial charge in [0.05, 0.1) is 17.6 Å². The fraction of sp³-hybridized carbons (Fsp3) is 0.952. The summed E-state index contributed by atoms with van der Waals surface area (Å²) in [4.78, 5) is 0. The Balaban J connectivity index is -0.000000901. The molecule has 320 valence electrons. The molecule has 0 aliphatic rings. The van der Waals surface area contributed by atoms with Gasteiger partial charge in [-0.1, -0.05) is 0 Å². The molecule has 0 heterocycles. The lowest BCUT2D eigenvalue weighted by atomic mass is 9.86. The molecule has 0 rings (SSSR count). The first kappa shape index (κ1) is 56.3. The normalized spacial score (nSPS) is 15.7. The summed E-state index contributed by atoms with van der Waals surface area (Å²) >= 11 is 0.201. The number of nitrogens with zero attached hydrogens (tertiary/aromatic N) is 1. The highest BCUT2D eigenvalue weighted by Gasteiger charge is 2.75. The highest BCUT2D eigenvalue weighted by atomic mass is 36.5. The van der Waals surface area contributed by atoms with Crippen LogP contribution < -0.4 is 0 Å². The molecule has 0 N–H and O–H groups in total. The number of nitriles is 1. The van der Waals surface area contributed by atoms with E-state index in [9.17, 15) is 114 Å². The van der Waals surface area contributed by atoms with Crippen LogP contribution in [0.5, 0.6) is 0 Å². The van der Waals surface area contributed by atoms with E-state index in [1.54, 1.807) is 0 Å². The molecule has 0 amide bonds. The lowest BCUT2D eigenvalue weighted by Crippen LogP contribution is -2.55. The smallest absolute Gasteiger partial charge is 0.224 e. The second kappa shape index (κ2) is 19.4. The lowest BCUT2D eigenvalue weighted by molar-refractivity contribution is -0.354. The molecule has 0 radical (unpaired) electrons. The first-order chi connectivity index (χ1) is 22.9. The molecular formula is C21H18Cl3F24NO2S2. The van der Waals surface area contributed by atoms with Crippen LogP contribution in [0.4, 0.5) is 105 Å². The summed E-state index contributed by atoms with van der Waals surface area (Å²) in [6.07, 6.45) is -54.4. The van der Waals surface area contributed by atoms with Crippen molar-refractivity contribution < 1.29 is 114 Å². The van der Waals surface area contributed by atoms with Gasteiger partial charge in [0, 0.05) is 76.7 Å². The SMILES string of the molecule is ClCl.N#CSCCC(F)(F)CC(CC(F)(C(F)(F)F)C(F)(F)F)C(F)(F)F.O=S(=O)(Cl)CCC(F)(F)CC(CC(F)(C(F)(F)F)C(F)(F)F)C(F)(F)F. The van der Waals surface area contributed by atoms with E-state index in [-0.39, 0.29) is 11.8 Å². The van der Waals surface area contributed by atoms with E-state index in [1.165, 1.54) is 5.40 Å². The molecule has 0 aromatic carbocycles. The monoisotopic (exact) mass is 941 g/mol. The summed E-state index contributed by atoms with van der Waals surface area (Å²) in [6.45, 7) is 0. The standard InChI is InChI=1S/C11H9F12NS.C10H9ClF12O2S.Cl2/c12-7(13,1-2-25-5-24)3-6(9(15,16)17)4-8(14,10(18,19)20)11(21,22)23;11-26(24,25)2-1-6(12,13)3-5(8(15,16)17)4-7(14,9(18,19)20)10(21,22)23;1-2/h6H,1-4H2;5H,1-4H2;. The van der Waals surface area contributed by atoms with Gasteiger partial charge in [-0.2, -0.15) is 84.3 Å². The van der Waals surface area contributed by atoms with E-state index in [0.29, 0.717) is 0 Å². The molecule has 0 spiro atoms. The average Bonchev–Trinajstić information content (AvgIpc) is 2.88. The van der Waals surface area contributed by atoms with Crippen LogP contribution in [-0.2, 0) is 9.05 Å². The number of alkyl halides is 24. The summed E-state index contributed by atoms with van der Waals surface area (Å²) in [5.74, 6) is -19.3. The second-order valence-electron chi connectivity index (χ2n) is 10.3. The van der Waals surface area contributed by atoms with Crippen molar-refractivity contribution in [2.75, 3.05) is 11.5 Å². The van der Waals surface area contributed by atoms with E-state index in [4.69, 9.17) is 5.26 Å². The lowest BCUT2D eigenvalue weighted by Gasteiger charge is -2.34. The molecule has 53 heavy (non-hydrogen) atoms. The minimum Gasteiger partial charge on any atom is -0.224 e. The molecule has 2 unspecified atom stereocenters. The molecule has 3 nitrogen and oxygen atoms in total. The Kier molecular flexibility index (Phi) is 20.6. The van der Waals surface area contributed by atoms with E-state index in [2.05, 4.69) is 32.4 Å². The fourth-order valence-electron chi connectivity index (χ4n) is 3.51. The van der Waals surface area contributed by atoms with Crippen molar-refractivity contribution in [3.8, 4) is 5.40 Å². The maximum absolute atomic E-state index is 13.4. The van der Waals surface area contributed by atoms with Gasteiger partial charge in [-0.3, -0.25) is 0 Å². The van der Waals surface area contributed by atoms with Crippen molar-refractivity contribution in [2.45, 2.75) is 98.8 Å². The van der Waals surface area contributed by atoms with E-state index >= 15 is 0 Å². The Morgan fingerprint density at radius 1 is 0.509 bits per heavy atom. The van der Waals surface area contributed by atoms with E-state index in [0.717, 1.165) is 0 Å². The third kappa shape index (κ3) is 19.1. The Labute approximate surface area is 299 Å². The first-order valence-electron chi connectivity index (χ1n) is 12.5. The van der Waals surface area contributed by atoms with Gasteiger partial charge in [0.15, 0.2) is 0 Å². The predicted octanol–water partition coefficient (Wildman–Crippen LogP) is 12.8. The van der Waals surface area contributed by atoms with Gasteiger partial charge < -0.3 is 0 Å². The van der Waals surface area contributed by atoms with Gasteiger partial charge >= 0.3 is 37.1 Å². The first-order valence-corrected chi connectivity index (χ1v) is 17.1. The zero-order chi connectivity index (χ0) is 43.7. The topological polar surface area (TPSA) is 57.9 Å². The van der Waals surface area contributed by atoms with Gasteiger partial charge in [-0.25, -0.2) is 34.8 Å². The van der Waals surface area contributed by atoms with Gasteiger partial charge in [-0.05, 0) is 11.8 Å². The maximum Gasteiger partial charge on any atom is 0.431 e. The van der Waals surface area contributed by atoms with Crippen LogP contribution in [0.2, 0.25) is 0 Å². The van der Waals surface area contributed by atoms with Gasteiger partial charge in [0.2, 0.25) is 20.9 Å². The van der Waals surface area contributed by atoms with Crippen LogP contribution in [0.1, 0.15) is 38.5 Å². The van der Waals surface area contributed by atoms with Crippen LogP contribution in [-0.4, -0.2) is 80.2 Å². The zero-order valence-electron chi connectivity index (χ0n) is 24.6. The molecule has 0 bridgehead atoms. The van der Waals surface area contributed by atoms with Crippen LogP contribution in [0.15, 0.2) is 0 Å². The van der Waals surface area contributed by atoms with Crippen molar-refractivity contribution in [1.29, 1.82) is 5.26 Å². The second-order valence-corrected chi connectivity index (χ2v) is 14.1. The molecule has 32 heteroatoms. The van der Waals surface area contributed by atoms with Crippen molar-refractivity contribution in [3.05, 3.63) is 0 Å². The third-order valence-electron chi connectivity index (χ3n) is 6.21. The number of rotatable bonds is 14. The third-order valence-corrected chi connectivity index (χ3v) is 7.91. The molecule has 0 aliphatic heterocycles. The van der Waals surface area contributed by atoms with Gasteiger partial charge in [0.25, 0.3) is 11.3 Å². The average molecular weight is 943 g/mol. The van der Waals surface area contributed by atoms with Crippen molar-refractivity contribution in [2.24, 2.45) is 11.8 Å². The Morgan fingerprint density at radius 3 is 0.981 bits per heavy atom. The van der Waals surface area contributed by atoms with Crippen molar-refractivity contribution in [3.63, 3.8) is 0 Å². The van der Waals surface area contributed by atoms with Gasteiger partial charge in [-0.15, -0.1) is 0 Å². The quantitative estimate of drug-likeness (QED) is 0.0753. The van der Waals surface area contributed by atoms with Crippen molar-refractivity contribution in [1.82, 2.24) is 0 Å². The summed E-state index contributed by atoms with van der Waals surface area (Å²) in [5.41, 5.74) is -12.7. The molecule has 0 aromatic rings. The number of hydrogen-bond donors (Lipinski definition) is 0. The highest BCUT2D eigenvalue weighted by Crippen LogP contribution is 2.55. The van der Waals surface area contributed by atoms with Crippen LogP contribution in [0.25, 0.3) is 0 Å². The Bertz CT molecular complexity index is 1220. The maximum atomic E-state index is 13.4. The minimum atomic E-state index is -6.86. The molecule has 0 aromatic heterocycles. The largest absolute Gasteiger partial charge is 0.431 e. The minimum absolute atomic E-state index is 0.201. The van der Waals surface area contributed by atoms with Crippen LogP contribution >= 0.6 is 44.2 Å². The Hall–Kier alpha value is -1.02. The predicted molar refractivity (Wildman–Crippen MR) is 138 cm³/mol. The number of thiocyanates is 1.